The molecule has 0 spiro atoms. The molecular weight excluding hydrogens is 266 g/mol. The predicted molar refractivity (Wildman–Crippen MR) is 101 cm³/mol. The number of nitrogens with one attached hydrogen (secondary N) is 1. The normalized spacial score (nSPS) is 16.5. The van der Waals surface area contributed by atoms with E-state index in [1.165, 1.54) is 109 Å². The third-order valence-corrected chi connectivity index (χ3v) is 5.39. The number of hydrogen-bond donors (Lipinski definition) is 1. The van der Waals surface area contributed by atoms with E-state index in [2.05, 4.69) is 19.2 Å². The van der Waals surface area contributed by atoms with E-state index in [1.807, 2.05) is 0 Å². The molecule has 0 aromatic rings. The fraction of sp³-hybridized carbons (Fsp3) is 1.00. The average Bonchev–Trinajstić information content (AvgIpc) is 2.55. The van der Waals surface area contributed by atoms with Gasteiger partial charge in [0.05, 0.1) is 0 Å². The van der Waals surface area contributed by atoms with E-state index in [9.17, 15) is 0 Å². The van der Waals surface area contributed by atoms with E-state index in [4.69, 9.17) is 0 Å². The minimum absolute atomic E-state index is 0.811. The molecule has 0 radical (unpaired) electrons. The minimum atomic E-state index is 0.811. The number of unbranched alkanes of at least 4 members (excludes halogenated alkanes) is 8. The van der Waals surface area contributed by atoms with E-state index < -0.39 is 0 Å². The lowest BCUT2D eigenvalue weighted by Gasteiger charge is -2.29. The van der Waals surface area contributed by atoms with Crippen LogP contribution in [0, 0.1) is 0 Å². The maximum atomic E-state index is 4.04. The molecule has 22 heavy (non-hydrogen) atoms. The van der Waals surface area contributed by atoms with Gasteiger partial charge in [0.1, 0.15) is 0 Å². The van der Waals surface area contributed by atoms with Gasteiger partial charge in [-0.25, -0.2) is 0 Å². The summed E-state index contributed by atoms with van der Waals surface area (Å²) < 4.78 is 0. The Morgan fingerprint density at radius 1 is 0.682 bits per heavy atom. The Labute approximate surface area is 141 Å². The summed E-state index contributed by atoms with van der Waals surface area (Å²) in [4.78, 5) is 0. The second-order valence-corrected chi connectivity index (χ2v) is 7.60. The molecule has 0 aromatic heterocycles. The summed E-state index contributed by atoms with van der Waals surface area (Å²) in [5, 5.41) is 4.04. The van der Waals surface area contributed by atoms with Crippen molar-refractivity contribution in [1.82, 2.24) is 5.32 Å². The van der Waals surface area contributed by atoms with Gasteiger partial charge in [0.25, 0.3) is 0 Å². The number of rotatable bonds is 14. The highest BCUT2D eigenvalue weighted by Gasteiger charge is 2.17. The lowest BCUT2D eigenvalue weighted by atomic mass is 9.93. The van der Waals surface area contributed by atoms with Crippen molar-refractivity contribution in [2.45, 2.75) is 135 Å². The van der Waals surface area contributed by atoms with Gasteiger partial charge in [-0.1, -0.05) is 97.3 Å². The van der Waals surface area contributed by atoms with Crippen molar-refractivity contribution < 1.29 is 0 Å². The molecule has 0 heterocycles. The molecule has 0 aromatic carbocycles. The summed E-state index contributed by atoms with van der Waals surface area (Å²) in [6.07, 6.45) is 24.4. The highest BCUT2D eigenvalue weighted by atomic mass is 14.9. The van der Waals surface area contributed by atoms with Crippen molar-refractivity contribution in [3.05, 3.63) is 0 Å². The number of hydrogen-bond acceptors (Lipinski definition) is 1. The zero-order chi connectivity index (χ0) is 15.9. The largest absolute Gasteiger partial charge is 0.311 e. The Kier molecular flexibility index (Phi) is 13.2. The van der Waals surface area contributed by atoms with Gasteiger partial charge < -0.3 is 5.32 Å². The molecule has 0 amide bonds. The van der Waals surface area contributed by atoms with Gasteiger partial charge >= 0.3 is 0 Å². The molecule has 0 saturated heterocycles. The third kappa shape index (κ3) is 10.6. The van der Waals surface area contributed by atoms with Crippen LogP contribution in [0.5, 0.6) is 0 Å². The van der Waals surface area contributed by atoms with Crippen molar-refractivity contribution in [3.63, 3.8) is 0 Å². The summed E-state index contributed by atoms with van der Waals surface area (Å²) in [5.74, 6) is 0. The molecule has 1 N–H and O–H groups in total. The maximum absolute atomic E-state index is 4.04. The zero-order valence-electron chi connectivity index (χ0n) is 15.7. The minimum Gasteiger partial charge on any atom is -0.311 e. The highest BCUT2D eigenvalue weighted by Crippen LogP contribution is 2.20. The lowest BCUT2D eigenvalue weighted by Crippen LogP contribution is -2.39. The quantitative estimate of drug-likeness (QED) is 0.341. The SMILES string of the molecule is CCCCCCCC(CCCCCCC)NC1CCCCC1. The monoisotopic (exact) mass is 309 g/mol. The van der Waals surface area contributed by atoms with Gasteiger partial charge in [-0.3, -0.25) is 0 Å². The predicted octanol–water partition coefficient (Wildman–Crippen LogP) is 7.00. The summed E-state index contributed by atoms with van der Waals surface area (Å²) in [5.41, 5.74) is 0. The van der Waals surface area contributed by atoms with Crippen LogP contribution in [0.15, 0.2) is 0 Å². The Bertz CT molecular complexity index is 206. The van der Waals surface area contributed by atoms with Crippen molar-refractivity contribution in [2.24, 2.45) is 0 Å². The molecule has 1 fully saturated rings. The molecule has 0 unspecified atom stereocenters. The third-order valence-electron chi connectivity index (χ3n) is 5.39. The van der Waals surface area contributed by atoms with Crippen LogP contribution in [0.25, 0.3) is 0 Å². The fourth-order valence-electron chi connectivity index (χ4n) is 3.90. The van der Waals surface area contributed by atoms with Crippen molar-refractivity contribution >= 4 is 0 Å². The molecule has 1 heteroatoms. The Hall–Kier alpha value is -0.0400. The smallest absolute Gasteiger partial charge is 0.00696 e. The van der Waals surface area contributed by atoms with Gasteiger partial charge in [0, 0.05) is 12.1 Å². The van der Waals surface area contributed by atoms with E-state index >= 15 is 0 Å². The van der Waals surface area contributed by atoms with E-state index in [-0.39, 0.29) is 0 Å². The first-order chi connectivity index (χ1) is 10.9. The molecule has 1 aliphatic rings. The summed E-state index contributed by atoms with van der Waals surface area (Å²) in [6, 6.07) is 1.65. The molecule has 0 atom stereocenters. The first kappa shape index (κ1) is 20.0. The summed E-state index contributed by atoms with van der Waals surface area (Å²) >= 11 is 0. The van der Waals surface area contributed by atoms with Gasteiger partial charge in [-0.05, 0) is 25.7 Å². The van der Waals surface area contributed by atoms with Gasteiger partial charge in [-0.2, -0.15) is 0 Å². The summed E-state index contributed by atoms with van der Waals surface area (Å²) in [6.45, 7) is 4.62. The maximum Gasteiger partial charge on any atom is 0.00696 e. The van der Waals surface area contributed by atoms with Crippen LogP contribution < -0.4 is 5.32 Å². The lowest BCUT2D eigenvalue weighted by molar-refractivity contribution is 0.308. The second kappa shape index (κ2) is 14.5. The average molecular weight is 310 g/mol. The highest BCUT2D eigenvalue weighted by molar-refractivity contribution is 4.77. The Balaban J connectivity index is 2.18. The first-order valence-corrected chi connectivity index (χ1v) is 10.6. The molecule has 0 aliphatic heterocycles. The van der Waals surface area contributed by atoms with Crippen LogP contribution in [0.4, 0.5) is 0 Å². The molecule has 0 bridgehead atoms. The van der Waals surface area contributed by atoms with Crippen molar-refractivity contribution in [3.8, 4) is 0 Å². The van der Waals surface area contributed by atoms with Crippen molar-refractivity contribution in [1.29, 1.82) is 0 Å². The first-order valence-electron chi connectivity index (χ1n) is 10.6. The van der Waals surface area contributed by atoms with Crippen LogP contribution in [-0.2, 0) is 0 Å². The second-order valence-electron chi connectivity index (χ2n) is 7.60. The molecule has 1 aliphatic carbocycles. The van der Waals surface area contributed by atoms with Crippen LogP contribution in [0.2, 0.25) is 0 Å². The van der Waals surface area contributed by atoms with Crippen LogP contribution in [0.3, 0.4) is 0 Å². The molecule has 132 valence electrons. The zero-order valence-corrected chi connectivity index (χ0v) is 15.7. The van der Waals surface area contributed by atoms with Gasteiger partial charge in [0.15, 0.2) is 0 Å². The standard InChI is InChI=1S/C21H43N/c1-3-5-7-9-12-16-20(17-13-10-8-6-4-2)22-21-18-14-11-15-19-21/h20-22H,3-19H2,1-2H3. The van der Waals surface area contributed by atoms with Gasteiger partial charge in [-0.15, -0.1) is 0 Å². The summed E-state index contributed by atoms with van der Waals surface area (Å²) in [7, 11) is 0. The van der Waals surface area contributed by atoms with E-state index in [0.29, 0.717) is 0 Å². The van der Waals surface area contributed by atoms with E-state index in [1.54, 1.807) is 0 Å². The van der Waals surface area contributed by atoms with Crippen molar-refractivity contribution in [2.75, 3.05) is 0 Å². The van der Waals surface area contributed by atoms with Crippen LogP contribution in [0.1, 0.15) is 123 Å². The van der Waals surface area contributed by atoms with Crippen LogP contribution >= 0.6 is 0 Å². The molecular formula is C21H43N. The Morgan fingerprint density at radius 2 is 1.18 bits per heavy atom. The Morgan fingerprint density at radius 3 is 1.68 bits per heavy atom. The molecule has 1 nitrogen and oxygen atoms in total. The molecule has 1 rings (SSSR count). The van der Waals surface area contributed by atoms with E-state index in [0.717, 1.165) is 12.1 Å². The van der Waals surface area contributed by atoms with Gasteiger partial charge in [0.2, 0.25) is 0 Å². The van der Waals surface area contributed by atoms with Crippen LogP contribution in [-0.4, -0.2) is 12.1 Å². The fourth-order valence-corrected chi connectivity index (χ4v) is 3.90. The topological polar surface area (TPSA) is 12.0 Å². The molecule has 1 saturated carbocycles.